The van der Waals surface area contributed by atoms with E-state index in [4.69, 9.17) is 9.40 Å². The molecular weight excluding hydrogens is 645 g/mol. The van der Waals surface area contributed by atoms with Crippen molar-refractivity contribution >= 4 is 28.2 Å². The molecule has 0 radical (unpaired) electrons. The second-order valence-corrected chi connectivity index (χ2v) is 15.0. The fourth-order valence-electron chi connectivity index (χ4n) is 8.83. The summed E-state index contributed by atoms with van der Waals surface area (Å²) in [4.78, 5) is 7.29. The Labute approximate surface area is 311 Å². The molecule has 0 amide bonds. The van der Waals surface area contributed by atoms with Crippen LogP contribution in [0, 0.1) is 0 Å². The van der Waals surface area contributed by atoms with Gasteiger partial charge in [0.2, 0.25) is 5.89 Å². The van der Waals surface area contributed by atoms with Gasteiger partial charge in [-0.3, -0.25) is 0 Å². The van der Waals surface area contributed by atoms with Gasteiger partial charge in [-0.2, -0.15) is 0 Å². The average molecular weight is 685 g/mol. The Bertz CT molecular complexity index is 2620. The highest BCUT2D eigenvalue weighted by Gasteiger charge is 2.38. The van der Waals surface area contributed by atoms with Gasteiger partial charge in [0, 0.05) is 28.0 Å². The predicted octanol–water partition coefficient (Wildman–Crippen LogP) is 13.5. The lowest BCUT2D eigenvalue weighted by Crippen LogP contribution is -2.17. The van der Waals surface area contributed by atoms with Crippen LogP contribution in [0.1, 0.15) is 48.9 Å². The topological polar surface area (TPSA) is 29.3 Å². The molecule has 0 saturated carbocycles. The predicted molar refractivity (Wildman–Crippen MR) is 219 cm³/mol. The molecular formula is C50H40N2O. The maximum absolute atomic E-state index is 6.29. The van der Waals surface area contributed by atoms with Gasteiger partial charge in [-0.05, 0) is 136 Å². The molecule has 3 nitrogen and oxygen atoms in total. The molecule has 0 unspecified atom stereocenters. The van der Waals surface area contributed by atoms with Crippen molar-refractivity contribution in [3.63, 3.8) is 0 Å². The van der Waals surface area contributed by atoms with E-state index in [1.807, 2.05) is 24.3 Å². The number of benzene rings is 7. The van der Waals surface area contributed by atoms with E-state index in [2.05, 4.69) is 152 Å². The van der Waals surface area contributed by atoms with Crippen molar-refractivity contribution < 1.29 is 4.42 Å². The number of anilines is 3. The first-order chi connectivity index (χ1) is 26.0. The van der Waals surface area contributed by atoms with Crippen LogP contribution in [-0.4, -0.2) is 4.98 Å². The Balaban J connectivity index is 1.21. The van der Waals surface area contributed by atoms with E-state index in [1.54, 1.807) is 0 Å². The van der Waals surface area contributed by atoms with Gasteiger partial charge in [0.15, 0.2) is 5.58 Å². The molecule has 2 aliphatic rings. The van der Waals surface area contributed by atoms with Gasteiger partial charge in [0.25, 0.3) is 0 Å². The Kier molecular flexibility index (Phi) is 7.43. The van der Waals surface area contributed by atoms with Crippen molar-refractivity contribution in [3.05, 3.63) is 180 Å². The van der Waals surface area contributed by atoms with Crippen LogP contribution in [0.25, 0.3) is 55.9 Å². The molecule has 0 fully saturated rings. The van der Waals surface area contributed by atoms with E-state index in [1.165, 1.54) is 68.5 Å². The van der Waals surface area contributed by atoms with Gasteiger partial charge in [0.1, 0.15) is 5.52 Å². The number of hydrogen-bond donors (Lipinski definition) is 0. The van der Waals surface area contributed by atoms with E-state index >= 15 is 0 Å². The lowest BCUT2D eigenvalue weighted by molar-refractivity contribution is 0.620. The second kappa shape index (κ2) is 12.5. The molecule has 1 heterocycles. The summed E-state index contributed by atoms with van der Waals surface area (Å²) < 4.78 is 6.29. The van der Waals surface area contributed by atoms with E-state index in [0.29, 0.717) is 5.89 Å². The summed E-state index contributed by atoms with van der Waals surface area (Å²) in [7, 11) is 0. The molecule has 0 saturated heterocycles. The standard InChI is InChI=1S/C50H40N2O/c1-50(2)44-23-9-8-21-42(44)48-43(41-22-13-17-35-16-6-7-20-40(35)41)31-39(32-45(48)50)52(37-28-26-34(27-29-37)33-14-4-3-5-15-33)38-19-12-18-36(30-38)49-51-46-24-10-11-25-47(46)53-49/h3-5,8-15,17-19,21-32H,6-7,16,20H2,1-2H3. The van der Waals surface area contributed by atoms with Crippen molar-refractivity contribution in [2.45, 2.75) is 44.9 Å². The van der Waals surface area contributed by atoms with Crippen molar-refractivity contribution in [2.75, 3.05) is 4.90 Å². The first-order valence-corrected chi connectivity index (χ1v) is 18.8. The number of nitrogens with zero attached hydrogens (tertiary/aromatic N) is 2. The van der Waals surface area contributed by atoms with Gasteiger partial charge >= 0.3 is 0 Å². The molecule has 1 aromatic heterocycles. The number of para-hydroxylation sites is 2. The molecule has 256 valence electrons. The normalized spacial score (nSPS) is 14.1. The van der Waals surface area contributed by atoms with Crippen molar-refractivity contribution in [3.8, 4) is 44.8 Å². The molecule has 3 heteroatoms. The third-order valence-electron chi connectivity index (χ3n) is 11.5. The molecule has 0 aliphatic heterocycles. The summed E-state index contributed by atoms with van der Waals surface area (Å²) in [6.07, 6.45) is 4.76. The zero-order valence-corrected chi connectivity index (χ0v) is 30.1. The number of aryl methyl sites for hydroxylation is 1. The Hall–Kier alpha value is -6.19. The Morgan fingerprint density at radius 3 is 2.11 bits per heavy atom. The van der Waals surface area contributed by atoms with Gasteiger partial charge < -0.3 is 9.32 Å². The third kappa shape index (κ3) is 5.30. The van der Waals surface area contributed by atoms with Gasteiger partial charge in [-0.1, -0.05) is 117 Å². The highest BCUT2D eigenvalue weighted by molar-refractivity contribution is 5.97. The summed E-state index contributed by atoms with van der Waals surface area (Å²) in [6.45, 7) is 4.77. The molecule has 8 aromatic rings. The van der Waals surface area contributed by atoms with Crippen LogP contribution in [-0.2, 0) is 18.3 Å². The molecule has 53 heavy (non-hydrogen) atoms. The van der Waals surface area contributed by atoms with E-state index in [0.717, 1.165) is 46.6 Å². The van der Waals surface area contributed by atoms with Crippen LogP contribution in [0.5, 0.6) is 0 Å². The van der Waals surface area contributed by atoms with Crippen LogP contribution >= 0.6 is 0 Å². The van der Waals surface area contributed by atoms with Gasteiger partial charge in [0.05, 0.1) is 0 Å². The van der Waals surface area contributed by atoms with Crippen LogP contribution in [0.15, 0.2) is 162 Å². The lowest BCUT2D eigenvalue weighted by Gasteiger charge is -2.30. The highest BCUT2D eigenvalue weighted by atomic mass is 16.3. The van der Waals surface area contributed by atoms with E-state index in [-0.39, 0.29) is 5.41 Å². The Morgan fingerprint density at radius 1 is 0.528 bits per heavy atom. The molecule has 0 bridgehead atoms. The fraction of sp³-hybridized carbons (Fsp3) is 0.140. The minimum atomic E-state index is -0.172. The van der Waals surface area contributed by atoms with Crippen molar-refractivity contribution in [2.24, 2.45) is 0 Å². The summed E-state index contributed by atoms with van der Waals surface area (Å²) in [5.41, 5.74) is 19.2. The van der Waals surface area contributed by atoms with Crippen LogP contribution in [0.3, 0.4) is 0 Å². The number of fused-ring (bicyclic) bond motifs is 5. The maximum atomic E-state index is 6.29. The third-order valence-corrected chi connectivity index (χ3v) is 11.5. The number of aromatic nitrogens is 1. The molecule has 2 aliphatic carbocycles. The summed E-state index contributed by atoms with van der Waals surface area (Å²) >= 11 is 0. The molecule has 10 rings (SSSR count). The first-order valence-electron chi connectivity index (χ1n) is 18.8. The second-order valence-electron chi connectivity index (χ2n) is 15.0. The summed E-state index contributed by atoms with van der Waals surface area (Å²) in [5.74, 6) is 0.620. The Morgan fingerprint density at radius 2 is 1.25 bits per heavy atom. The minimum Gasteiger partial charge on any atom is -0.436 e. The molecule has 7 aromatic carbocycles. The summed E-state index contributed by atoms with van der Waals surface area (Å²) in [5, 5.41) is 0. The van der Waals surface area contributed by atoms with Crippen LogP contribution < -0.4 is 4.90 Å². The lowest BCUT2D eigenvalue weighted by atomic mass is 9.80. The van der Waals surface area contributed by atoms with Crippen molar-refractivity contribution in [1.29, 1.82) is 0 Å². The quantitative estimate of drug-likeness (QED) is 0.175. The highest BCUT2D eigenvalue weighted by Crippen LogP contribution is 2.55. The zero-order chi connectivity index (χ0) is 35.5. The SMILES string of the molecule is CC1(C)c2ccccc2-c2c(-c3cccc4c3CCCC4)cc(N(c3ccc(-c4ccccc4)cc3)c3cccc(-c4nc5ccccc5o4)c3)cc21. The van der Waals surface area contributed by atoms with Gasteiger partial charge in [-0.25, -0.2) is 4.98 Å². The maximum Gasteiger partial charge on any atom is 0.227 e. The minimum absolute atomic E-state index is 0.172. The van der Waals surface area contributed by atoms with Crippen molar-refractivity contribution in [1.82, 2.24) is 4.98 Å². The molecule has 0 spiro atoms. The van der Waals surface area contributed by atoms with Crippen LogP contribution in [0.4, 0.5) is 17.1 Å². The monoisotopic (exact) mass is 684 g/mol. The van der Waals surface area contributed by atoms with Crippen LogP contribution in [0.2, 0.25) is 0 Å². The zero-order valence-electron chi connectivity index (χ0n) is 30.1. The van der Waals surface area contributed by atoms with E-state index in [9.17, 15) is 0 Å². The number of oxazole rings is 1. The number of hydrogen-bond acceptors (Lipinski definition) is 3. The molecule has 0 N–H and O–H groups in total. The average Bonchev–Trinajstić information content (AvgIpc) is 3.75. The smallest absolute Gasteiger partial charge is 0.227 e. The fourth-order valence-corrected chi connectivity index (χ4v) is 8.83. The van der Waals surface area contributed by atoms with Gasteiger partial charge in [-0.15, -0.1) is 0 Å². The largest absolute Gasteiger partial charge is 0.436 e. The van der Waals surface area contributed by atoms with E-state index < -0.39 is 0 Å². The number of rotatable bonds is 6. The first kappa shape index (κ1) is 31.5. The molecule has 0 atom stereocenters. The summed E-state index contributed by atoms with van der Waals surface area (Å²) in [6, 6.07) is 57.1.